The summed E-state index contributed by atoms with van der Waals surface area (Å²) in [5.74, 6) is 0.580. The molecule has 3 N–H and O–H groups in total. The molecule has 0 spiro atoms. The summed E-state index contributed by atoms with van der Waals surface area (Å²) in [6, 6.07) is 0. The van der Waals surface area contributed by atoms with Gasteiger partial charge in [0.1, 0.15) is 0 Å². The highest BCUT2D eigenvalue weighted by atomic mass is 32.1. The fourth-order valence-electron chi connectivity index (χ4n) is 1.61. The van der Waals surface area contributed by atoms with E-state index >= 15 is 0 Å². The van der Waals surface area contributed by atoms with E-state index in [1.807, 2.05) is 0 Å². The highest BCUT2D eigenvalue weighted by Crippen LogP contribution is 2.22. The number of nitrogens with two attached hydrogens (primary N) is 1. The van der Waals surface area contributed by atoms with Crippen molar-refractivity contribution < 1.29 is 4.74 Å². The molecule has 12 heavy (non-hydrogen) atoms. The monoisotopic (exact) mass is 188 g/mol. The van der Waals surface area contributed by atoms with E-state index in [-0.39, 0.29) is 0 Å². The minimum Gasteiger partial charge on any atom is -0.378 e. The Balaban J connectivity index is 2.26. The highest BCUT2D eigenvalue weighted by Gasteiger charge is 2.26. The van der Waals surface area contributed by atoms with Gasteiger partial charge in [-0.2, -0.15) is 0 Å². The zero-order chi connectivity index (χ0) is 8.97. The van der Waals surface area contributed by atoms with Crippen LogP contribution in [0.25, 0.3) is 0 Å². The van der Waals surface area contributed by atoms with E-state index in [9.17, 15) is 0 Å². The van der Waals surface area contributed by atoms with Crippen LogP contribution in [0.3, 0.4) is 0 Å². The number of thiocarbonyl (C=S) groups is 1. The van der Waals surface area contributed by atoms with Gasteiger partial charge < -0.3 is 15.8 Å². The third-order valence-corrected chi connectivity index (χ3v) is 2.43. The zero-order valence-corrected chi connectivity index (χ0v) is 8.19. The van der Waals surface area contributed by atoms with Crippen molar-refractivity contribution in [1.29, 1.82) is 0 Å². The van der Waals surface area contributed by atoms with E-state index in [1.165, 1.54) is 0 Å². The first kappa shape index (κ1) is 9.74. The van der Waals surface area contributed by atoms with Crippen molar-refractivity contribution in [1.82, 2.24) is 5.32 Å². The predicted octanol–water partition coefficient (Wildman–Crippen LogP) is 0.635. The summed E-state index contributed by atoms with van der Waals surface area (Å²) in [5, 5.41) is 3.37. The molecule has 2 unspecified atom stereocenters. The first-order chi connectivity index (χ1) is 5.74. The molecule has 3 nitrogen and oxygen atoms in total. The normalized spacial score (nSPS) is 28.8. The van der Waals surface area contributed by atoms with E-state index in [4.69, 9.17) is 22.7 Å². The van der Waals surface area contributed by atoms with Crippen molar-refractivity contribution in [3.8, 4) is 0 Å². The minimum absolute atomic E-state index is 0.386. The van der Waals surface area contributed by atoms with E-state index < -0.39 is 0 Å². The Bertz CT molecular complexity index is 163. The van der Waals surface area contributed by atoms with E-state index in [1.54, 1.807) is 0 Å². The fourth-order valence-corrected chi connectivity index (χ4v) is 1.69. The lowest BCUT2D eigenvalue weighted by Gasteiger charge is -2.16. The highest BCUT2D eigenvalue weighted by molar-refractivity contribution is 7.80. The van der Waals surface area contributed by atoms with Crippen LogP contribution in [0.1, 0.15) is 19.8 Å². The summed E-state index contributed by atoms with van der Waals surface area (Å²) >= 11 is 4.73. The second-order valence-electron chi connectivity index (χ2n) is 3.11. The van der Waals surface area contributed by atoms with Crippen molar-refractivity contribution in [2.45, 2.75) is 25.9 Å². The van der Waals surface area contributed by atoms with Gasteiger partial charge in [-0.05, 0) is 25.1 Å². The largest absolute Gasteiger partial charge is 0.378 e. The first-order valence-electron chi connectivity index (χ1n) is 4.39. The average Bonchev–Trinajstić information content (AvgIpc) is 2.47. The van der Waals surface area contributed by atoms with E-state index in [0.29, 0.717) is 17.1 Å². The molecule has 1 heterocycles. The van der Waals surface area contributed by atoms with Crippen LogP contribution in [0.2, 0.25) is 0 Å². The Morgan fingerprint density at radius 1 is 1.75 bits per heavy atom. The molecule has 0 radical (unpaired) electrons. The van der Waals surface area contributed by atoms with Crippen LogP contribution in [0.5, 0.6) is 0 Å². The predicted molar refractivity (Wildman–Crippen MR) is 52.9 cm³/mol. The molecule has 2 atom stereocenters. The van der Waals surface area contributed by atoms with Crippen LogP contribution in [-0.2, 0) is 4.74 Å². The standard InChI is InChI=1S/C8H16N2OS/c1-2-7-6(3-4-11-7)5-10-8(9)12/h6-7H,2-5H2,1H3,(H3,9,10,12). The summed E-state index contributed by atoms with van der Waals surface area (Å²) in [6.45, 7) is 3.87. The molecule has 4 heteroatoms. The Labute approximate surface area is 78.7 Å². The van der Waals surface area contributed by atoms with Crippen LogP contribution >= 0.6 is 12.2 Å². The molecule has 1 saturated heterocycles. The minimum atomic E-state index is 0.386. The van der Waals surface area contributed by atoms with E-state index in [2.05, 4.69) is 12.2 Å². The fraction of sp³-hybridized carbons (Fsp3) is 0.875. The van der Waals surface area contributed by atoms with Crippen LogP contribution in [0.15, 0.2) is 0 Å². The third kappa shape index (κ3) is 2.60. The maximum absolute atomic E-state index is 5.52. The molecular formula is C8H16N2OS. The number of ether oxygens (including phenoxy) is 1. The van der Waals surface area contributed by atoms with Gasteiger partial charge in [-0.1, -0.05) is 6.92 Å². The molecule has 0 amide bonds. The first-order valence-corrected chi connectivity index (χ1v) is 4.79. The molecule has 1 aliphatic rings. The van der Waals surface area contributed by atoms with Crippen LogP contribution in [-0.4, -0.2) is 24.4 Å². The third-order valence-electron chi connectivity index (χ3n) is 2.29. The van der Waals surface area contributed by atoms with Crippen LogP contribution in [0, 0.1) is 5.92 Å². The van der Waals surface area contributed by atoms with Gasteiger partial charge in [0.15, 0.2) is 5.11 Å². The lowest BCUT2D eigenvalue weighted by molar-refractivity contribution is 0.0883. The number of rotatable bonds is 3. The maximum Gasteiger partial charge on any atom is 0.163 e. The van der Waals surface area contributed by atoms with Crippen molar-refractivity contribution in [2.24, 2.45) is 11.7 Å². The Hall–Kier alpha value is -0.350. The number of hydrogen-bond donors (Lipinski definition) is 2. The molecule has 0 bridgehead atoms. The lowest BCUT2D eigenvalue weighted by Crippen LogP contribution is -2.35. The van der Waals surface area contributed by atoms with Gasteiger partial charge in [0.2, 0.25) is 0 Å². The van der Waals surface area contributed by atoms with Gasteiger partial charge in [-0.15, -0.1) is 0 Å². The molecule has 1 fully saturated rings. The molecule has 0 aromatic carbocycles. The quantitative estimate of drug-likeness (QED) is 0.638. The number of hydrogen-bond acceptors (Lipinski definition) is 2. The summed E-state index contributed by atoms with van der Waals surface area (Å²) in [7, 11) is 0. The summed E-state index contributed by atoms with van der Waals surface area (Å²) in [4.78, 5) is 0. The van der Waals surface area contributed by atoms with Gasteiger partial charge >= 0.3 is 0 Å². The second-order valence-corrected chi connectivity index (χ2v) is 3.55. The molecule has 1 aliphatic heterocycles. The average molecular weight is 188 g/mol. The van der Waals surface area contributed by atoms with E-state index in [0.717, 1.165) is 26.0 Å². The molecule has 0 aromatic rings. The van der Waals surface area contributed by atoms with Gasteiger partial charge in [-0.25, -0.2) is 0 Å². The van der Waals surface area contributed by atoms with Crippen LogP contribution < -0.4 is 11.1 Å². The van der Waals surface area contributed by atoms with Crippen molar-refractivity contribution in [3.05, 3.63) is 0 Å². The summed E-state index contributed by atoms with van der Waals surface area (Å²) in [5.41, 5.74) is 5.34. The molecule has 70 valence electrons. The van der Waals surface area contributed by atoms with Crippen LogP contribution in [0.4, 0.5) is 0 Å². The van der Waals surface area contributed by atoms with Gasteiger partial charge in [0.25, 0.3) is 0 Å². The molecule has 1 rings (SSSR count). The smallest absolute Gasteiger partial charge is 0.163 e. The Morgan fingerprint density at radius 2 is 2.50 bits per heavy atom. The summed E-state index contributed by atoms with van der Waals surface area (Å²) < 4.78 is 5.52. The zero-order valence-electron chi connectivity index (χ0n) is 7.38. The summed E-state index contributed by atoms with van der Waals surface area (Å²) in [6.07, 6.45) is 2.59. The van der Waals surface area contributed by atoms with Crippen molar-refractivity contribution in [3.63, 3.8) is 0 Å². The number of nitrogens with one attached hydrogen (secondary N) is 1. The van der Waals surface area contributed by atoms with Gasteiger partial charge in [-0.3, -0.25) is 0 Å². The molecule has 0 aromatic heterocycles. The van der Waals surface area contributed by atoms with Gasteiger partial charge in [0.05, 0.1) is 6.10 Å². The topological polar surface area (TPSA) is 47.3 Å². The second kappa shape index (κ2) is 4.62. The molecular weight excluding hydrogens is 172 g/mol. The Kier molecular flexibility index (Phi) is 3.75. The van der Waals surface area contributed by atoms with Crippen molar-refractivity contribution >= 4 is 17.3 Å². The molecule has 0 saturated carbocycles. The molecule has 0 aliphatic carbocycles. The maximum atomic E-state index is 5.52. The Morgan fingerprint density at radius 3 is 3.08 bits per heavy atom. The van der Waals surface area contributed by atoms with Gasteiger partial charge in [0, 0.05) is 19.1 Å². The lowest BCUT2D eigenvalue weighted by atomic mass is 10.00. The SMILES string of the molecule is CCC1OCCC1CNC(N)=S. The van der Waals surface area contributed by atoms with Crippen molar-refractivity contribution in [2.75, 3.05) is 13.2 Å².